The summed E-state index contributed by atoms with van der Waals surface area (Å²) >= 11 is 0. The molecule has 0 spiro atoms. The van der Waals surface area contributed by atoms with Crippen LogP contribution < -0.4 is 23.0 Å². The Morgan fingerprint density at radius 1 is 0.952 bits per heavy atom. The van der Waals surface area contributed by atoms with Gasteiger partial charge in [0.05, 0.1) is 5.39 Å². The van der Waals surface area contributed by atoms with E-state index >= 15 is 0 Å². The van der Waals surface area contributed by atoms with E-state index in [1.165, 1.54) is 0 Å². The summed E-state index contributed by atoms with van der Waals surface area (Å²) in [5.41, 5.74) is 1.73. The molecule has 1 aromatic carbocycles. The molecule has 0 atom stereocenters. The number of benzene rings is 1. The molecule has 21 heavy (non-hydrogen) atoms. The van der Waals surface area contributed by atoms with Gasteiger partial charge in [0.25, 0.3) is 5.69 Å². The van der Waals surface area contributed by atoms with Gasteiger partial charge in [0.1, 0.15) is 0 Å². The zero-order valence-electron chi connectivity index (χ0n) is 10.6. The molecule has 0 N–H and O–H groups in total. The highest BCUT2D eigenvalue weighted by Gasteiger charge is 2.13. The number of rotatable bonds is 0. The highest BCUT2D eigenvalue weighted by Crippen LogP contribution is 2.16. The number of nitrogens with zero attached hydrogens (tertiary/aromatic N) is 2. The molecular formula is C14H9ClN2O4. The highest BCUT2D eigenvalue weighted by atomic mass is 35.7. The minimum atomic E-state index is -4.94. The number of nitriles is 1. The van der Waals surface area contributed by atoms with Crippen molar-refractivity contribution in [1.82, 2.24) is 0 Å². The van der Waals surface area contributed by atoms with Gasteiger partial charge >= 0.3 is 0 Å². The van der Waals surface area contributed by atoms with Crippen molar-refractivity contribution >= 4 is 16.3 Å². The van der Waals surface area contributed by atoms with Gasteiger partial charge in [-0.1, -0.05) is 18.2 Å². The molecule has 0 aliphatic heterocycles. The highest BCUT2D eigenvalue weighted by molar-refractivity contribution is 5.87. The molecule has 0 radical (unpaired) electrons. The van der Waals surface area contributed by atoms with Gasteiger partial charge in [0, 0.05) is 18.2 Å². The molecule has 3 aromatic rings. The average Bonchev–Trinajstić information content (AvgIpc) is 2.43. The Kier molecular flexibility index (Phi) is 4.33. The summed E-state index contributed by atoms with van der Waals surface area (Å²) in [6, 6.07) is 18.2. The van der Waals surface area contributed by atoms with Gasteiger partial charge < -0.3 is 0 Å². The fourth-order valence-corrected chi connectivity index (χ4v) is 2.02. The summed E-state index contributed by atoms with van der Waals surface area (Å²) in [6.45, 7) is 0. The number of fused-ring (bicyclic) bond motifs is 2. The lowest BCUT2D eigenvalue weighted by atomic mass is 10.1. The lowest BCUT2D eigenvalue weighted by Gasteiger charge is -2.17. The zero-order chi connectivity index (χ0) is 15.5. The van der Waals surface area contributed by atoms with E-state index in [0.29, 0.717) is 5.69 Å². The molecule has 0 fully saturated rings. The van der Waals surface area contributed by atoms with Crippen LogP contribution in [0.4, 0.5) is 0 Å². The van der Waals surface area contributed by atoms with E-state index in [1.54, 1.807) is 0 Å². The van der Waals surface area contributed by atoms with E-state index in [4.69, 9.17) is 18.6 Å². The lowest BCUT2D eigenvalue weighted by Crippen LogP contribution is -2.68. The zero-order valence-corrected chi connectivity index (χ0v) is 11.4. The summed E-state index contributed by atoms with van der Waals surface area (Å²) in [5.74, 6) is 0. The standard InChI is InChI=1S/C14H9N2.ClHO4/c15-10-14-13-7-2-1-5-11(13)9-12-6-3-4-8-16(12)14;2-1(3,4)5/h1-9H;(H,2,3,4,5)/q+1;/p-1. The topological polar surface area (TPSA) is 120 Å². The third-order valence-corrected chi connectivity index (χ3v) is 2.76. The molecule has 0 bridgehead atoms. The minimum absolute atomic E-state index is 0.689. The van der Waals surface area contributed by atoms with Crippen LogP contribution in [-0.2, 0) is 0 Å². The number of halogens is 1. The van der Waals surface area contributed by atoms with Crippen molar-refractivity contribution in [2.75, 3.05) is 0 Å². The van der Waals surface area contributed by atoms with E-state index in [-0.39, 0.29) is 0 Å². The quantitative estimate of drug-likeness (QED) is 0.341. The Bertz CT molecular complexity index is 764. The summed E-state index contributed by atoms with van der Waals surface area (Å²) in [4.78, 5) is 0. The van der Waals surface area contributed by atoms with Crippen LogP contribution in [0.5, 0.6) is 0 Å². The van der Waals surface area contributed by atoms with E-state index < -0.39 is 10.2 Å². The number of aromatic nitrogens is 1. The van der Waals surface area contributed by atoms with Crippen molar-refractivity contribution in [3.8, 4) is 6.07 Å². The SMILES string of the molecule is N#Cc1c2ccccc2cc2cccc[n+]12.[O-][Cl+3]([O-])([O-])[O-]. The second kappa shape index (κ2) is 6.01. The first kappa shape index (κ1) is 15.1. The third kappa shape index (κ3) is 3.86. The predicted molar refractivity (Wildman–Crippen MR) is 61.8 cm³/mol. The first-order valence-electron chi connectivity index (χ1n) is 5.74. The Balaban J connectivity index is 0.000000282. The van der Waals surface area contributed by atoms with Crippen LogP contribution >= 0.6 is 0 Å². The molecule has 2 aromatic heterocycles. The monoisotopic (exact) mass is 304 g/mol. The summed E-state index contributed by atoms with van der Waals surface area (Å²) in [5, 5.41) is 11.4. The Morgan fingerprint density at radius 2 is 1.57 bits per heavy atom. The molecule has 0 aliphatic rings. The van der Waals surface area contributed by atoms with Crippen LogP contribution in [0.25, 0.3) is 16.3 Å². The van der Waals surface area contributed by atoms with Crippen LogP contribution in [-0.4, -0.2) is 0 Å². The van der Waals surface area contributed by atoms with Crippen molar-refractivity contribution < 1.29 is 33.3 Å². The van der Waals surface area contributed by atoms with Gasteiger partial charge in [-0.3, -0.25) is 0 Å². The van der Waals surface area contributed by atoms with Crippen LogP contribution in [0.3, 0.4) is 0 Å². The molecule has 3 rings (SSSR count). The molecule has 0 aliphatic carbocycles. The van der Waals surface area contributed by atoms with Gasteiger partial charge in [0.2, 0.25) is 5.52 Å². The maximum Gasteiger partial charge on any atom is 0.297 e. The smallest absolute Gasteiger partial charge is 0.222 e. The summed E-state index contributed by atoms with van der Waals surface area (Å²) in [7, 11) is -4.94. The van der Waals surface area contributed by atoms with Crippen molar-refractivity contribution in [3.05, 3.63) is 60.4 Å². The fourth-order valence-electron chi connectivity index (χ4n) is 2.02. The van der Waals surface area contributed by atoms with Crippen LogP contribution in [0.1, 0.15) is 5.69 Å². The Hall–Kier alpha value is -2.27. The van der Waals surface area contributed by atoms with Gasteiger partial charge in [-0.2, -0.15) is 9.66 Å². The fraction of sp³-hybridized carbons (Fsp3) is 0. The maximum atomic E-state index is 9.26. The second-order valence-electron chi connectivity index (χ2n) is 4.07. The lowest BCUT2D eigenvalue weighted by molar-refractivity contribution is -2.00. The van der Waals surface area contributed by atoms with Crippen LogP contribution in [0.15, 0.2) is 54.7 Å². The Morgan fingerprint density at radius 3 is 2.24 bits per heavy atom. The van der Waals surface area contributed by atoms with Crippen molar-refractivity contribution in [2.24, 2.45) is 0 Å². The summed E-state index contributed by atoms with van der Waals surface area (Å²) < 4.78 is 35.9. The van der Waals surface area contributed by atoms with Crippen molar-refractivity contribution in [3.63, 3.8) is 0 Å². The van der Waals surface area contributed by atoms with Crippen LogP contribution in [0.2, 0.25) is 0 Å². The van der Waals surface area contributed by atoms with E-state index in [0.717, 1.165) is 16.3 Å². The first-order valence-corrected chi connectivity index (χ1v) is 6.97. The third-order valence-electron chi connectivity index (χ3n) is 2.76. The first-order chi connectivity index (χ1) is 9.90. The van der Waals surface area contributed by atoms with Gasteiger partial charge in [-0.15, -0.1) is 10.2 Å². The van der Waals surface area contributed by atoms with Crippen molar-refractivity contribution in [2.45, 2.75) is 0 Å². The molecule has 7 heteroatoms. The second-order valence-corrected chi connectivity index (χ2v) is 4.82. The molecular weight excluding hydrogens is 296 g/mol. The molecule has 6 nitrogen and oxygen atoms in total. The number of hydrogen-bond donors (Lipinski definition) is 0. The molecule has 0 amide bonds. The van der Waals surface area contributed by atoms with Gasteiger partial charge in [-0.05, 0) is 17.5 Å². The summed E-state index contributed by atoms with van der Waals surface area (Å²) in [6.07, 6.45) is 1.92. The van der Waals surface area contributed by atoms with E-state index in [9.17, 15) is 5.26 Å². The predicted octanol–water partition coefficient (Wildman–Crippen LogP) is -2.31. The molecule has 106 valence electrons. The largest absolute Gasteiger partial charge is 0.297 e. The number of hydrogen-bond acceptors (Lipinski definition) is 5. The van der Waals surface area contributed by atoms with Crippen molar-refractivity contribution in [1.29, 1.82) is 5.26 Å². The van der Waals surface area contributed by atoms with Gasteiger partial charge in [0.15, 0.2) is 12.3 Å². The maximum absolute atomic E-state index is 9.26. The Labute approximate surface area is 122 Å². The molecule has 2 heterocycles. The minimum Gasteiger partial charge on any atom is -0.222 e. The molecule has 0 unspecified atom stereocenters. The molecule has 0 saturated heterocycles. The molecule has 0 saturated carbocycles. The van der Waals surface area contributed by atoms with Crippen LogP contribution in [0, 0.1) is 21.6 Å². The van der Waals surface area contributed by atoms with E-state index in [2.05, 4.69) is 12.1 Å². The average molecular weight is 305 g/mol. The number of pyridine rings is 2. The van der Waals surface area contributed by atoms with E-state index in [1.807, 2.05) is 53.1 Å². The normalized spacial score (nSPS) is 10.8. The van der Waals surface area contributed by atoms with Gasteiger partial charge in [-0.25, -0.2) is 18.6 Å².